The molecule has 8 heteroatoms. The van der Waals surface area contributed by atoms with Gasteiger partial charge in [-0.15, -0.1) is 0 Å². The van der Waals surface area contributed by atoms with Crippen LogP contribution in [0.25, 0.3) is 21.8 Å². The van der Waals surface area contributed by atoms with Crippen molar-refractivity contribution in [2.45, 2.75) is 45.4 Å². The van der Waals surface area contributed by atoms with Gasteiger partial charge in [-0.2, -0.15) is 4.98 Å². The number of aromatic hydroxyl groups is 1. The predicted molar refractivity (Wildman–Crippen MR) is 131 cm³/mol. The first-order valence-electron chi connectivity index (χ1n) is 11.5. The third-order valence-electron chi connectivity index (χ3n) is 6.16. The lowest BCUT2D eigenvalue weighted by atomic mass is 10.1. The van der Waals surface area contributed by atoms with Gasteiger partial charge in [0.15, 0.2) is 0 Å². The summed E-state index contributed by atoms with van der Waals surface area (Å²) in [4.78, 5) is 16.1. The highest BCUT2D eigenvalue weighted by Gasteiger charge is 2.22. The maximum Gasteiger partial charge on any atom is 0.227 e. The summed E-state index contributed by atoms with van der Waals surface area (Å²) in [6.45, 7) is 6.15. The van der Waals surface area contributed by atoms with Gasteiger partial charge < -0.3 is 24.6 Å². The van der Waals surface area contributed by atoms with Crippen LogP contribution >= 0.6 is 0 Å². The van der Waals surface area contributed by atoms with Crippen molar-refractivity contribution in [1.29, 1.82) is 0 Å². The Balaban J connectivity index is 1.48. The Morgan fingerprint density at radius 3 is 2.91 bits per heavy atom. The summed E-state index contributed by atoms with van der Waals surface area (Å²) in [6.07, 6.45) is 6.11. The highest BCUT2D eigenvalue weighted by Crippen LogP contribution is 2.34. The van der Waals surface area contributed by atoms with Gasteiger partial charge in [0.1, 0.15) is 11.3 Å². The van der Waals surface area contributed by atoms with Crippen LogP contribution in [0.2, 0.25) is 0 Å². The predicted octanol–water partition coefficient (Wildman–Crippen LogP) is 4.49. The van der Waals surface area contributed by atoms with Gasteiger partial charge in [0.2, 0.25) is 11.8 Å². The van der Waals surface area contributed by atoms with Crippen molar-refractivity contribution in [1.82, 2.24) is 19.5 Å². The summed E-state index contributed by atoms with van der Waals surface area (Å²) in [5, 5.41) is 16.2. The van der Waals surface area contributed by atoms with E-state index in [0.717, 1.165) is 41.3 Å². The molecule has 1 aromatic carbocycles. The zero-order chi connectivity index (χ0) is 22.9. The molecule has 0 radical (unpaired) electrons. The molecule has 0 spiro atoms. The number of pyridine rings is 1. The zero-order valence-electron chi connectivity index (χ0n) is 19.3. The van der Waals surface area contributed by atoms with E-state index in [1.807, 2.05) is 61.0 Å². The number of benzene rings is 1. The second-order valence-corrected chi connectivity index (χ2v) is 8.99. The third kappa shape index (κ3) is 4.30. The van der Waals surface area contributed by atoms with Gasteiger partial charge in [0.25, 0.3) is 0 Å². The number of nitrogens with zero attached hydrogens (tertiary/aromatic N) is 5. The van der Waals surface area contributed by atoms with Gasteiger partial charge in [-0.25, -0.2) is 4.98 Å². The molecule has 1 saturated heterocycles. The van der Waals surface area contributed by atoms with Crippen LogP contribution in [0.4, 0.5) is 11.8 Å². The topological polar surface area (TPSA) is 88.3 Å². The Labute approximate surface area is 193 Å². The first-order valence-corrected chi connectivity index (χ1v) is 11.5. The molecule has 8 nitrogen and oxygen atoms in total. The summed E-state index contributed by atoms with van der Waals surface area (Å²) in [5.41, 5.74) is 2.58. The van der Waals surface area contributed by atoms with Crippen molar-refractivity contribution in [3.63, 3.8) is 0 Å². The molecule has 33 heavy (non-hydrogen) atoms. The first-order chi connectivity index (χ1) is 16.0. The van der Waals surface area contributed by atoms with Crippen LogP contribution in [0.1, 0.15) is 38.3 Å². The molecule has 0 bridgehead atoms. The highest BCUT2D eigenvalue weighted by atomic mass is 16.5. The van der Waals surface area contributed by atoms with E-state index >= 15 is 0 Å². The van der Waals surface area contributed by atoms with E-state index in [1.54, 1.807) is 0 Å². The minimum Gasteiger partial charge on any atom is -0.493 e. The SMILES string of the molecule is CC(C)n1cc2c(NCc3cnc4ccccc4c3)nc(N(C)CC3CCCO3)nc2c1O. The van der Waals surface area contributed by atoms with E-state index < -0.39 is 0 Å². The number of likely N-dealkylation sites (N-methyl/N-ethyl adjacent to an activating group) is 1. The maximum atomic E-state index is 10.9. The maximum absolute atomic E-state index is 10.9. The average molecular weight is 447 g/mol. The molecule has 5 rings (SSSR count). The van der Waals surface area contributed by atoms with Crippen LogP contribution in [-0.4, -0.2) is 50.9 Å². The normalized spacial score (nSPS) is 16.2. The molecule has 4 aromatic rings. The Morgan fingerprint density at radius 2 is 2.12 bits per heavy atom. The number of para-hydroxylation sites is 1. The van der Waals surface area contributed by atoms with Gasteiger partial charge in [-0.3, -0.25) is 4.98 Å². The van der Waals surface area contributed by atoms with Crippen LogP contribution in [0.5, 0.6) is 5.88 Å². The van der Waals surface area contributed by atoms with Crippen LogP contribution in [0.15, 0.2) is 42.7 Å². The number of hydrogen-bond donors (Lipinski definition) is 2. The van der Waals surface area contributed by atoms with Crippen LogP contribution < -0.4 is 10.2 Å². The zero-order valence-corrected chi connectivity index (χ0v) is 19.3. The lowest BCUT2D eigenvalue weighted by molar-refractivity contribution is 0.116. The third-order valence-corrected chi connectivity index (χ3v) is 6.16. The summed E-state index contributed by atoms with van der Waals surface area (Å²) in [5.74, 6) is 1.41. The molecule has 2 N–H and O–H groups in total. The van der Waals surface area contributed by atoms with E-state index in [1.165, 1.54) is 0 Å². The quantitative estimate of drug-likeness (QED) is 0.432. The minimum atomic E-state index is 0.102. The number of anilines is 2. The van der Waals surface area contributed by atoms with Crippen molar-refractivity contribution < 1.29 is 9.84 Å². The van der Waals surface area contributed by atoms with E-state index in [0.29, 0.717) is 30.4 Å². The standard InChI is InChI=1S/C25H30N6O2/c1-16(2)31-15-20-22(24(31)32)28-25(30(3)14-19-8-6-10-33-19)29-23(20)27-13-17-11-18-7-4-5-9-21(18)26-12-17/h4-5,7,9,11-12,15-16,19,32H,6,8,10,13-14H2,1-3H3,(H,27,28,29). The van der Waals surface area contributed by atoms with E-state index in [-0.39, 0.29) is 18.0 Å². The lowest BCUT2D eigenvalue weighted by Gasteiger charge is -2.21. The van der Waals surface area contributed by atoms with Gasteiger partial charge in [-0.1, -0.05) is 18.2 Å². The van der Waals surface area contributed by atoms with Crippen LogP contribution in [0.3, 0.4) is 0 Å². The molecule has 1 fully saturated rings. The Morgan fingerprint density at radius 1 is 1.27 bits per heavy atom. The van der Waals surface area contributed by atoms with Gasteiger partial charge in [-0.05, 0) is 44.4 Å². The molecule has 1 aliphatic rings. The molecular formula is C25H30N6O2. The summed E-state index contributed by atoms with van der Waals surface area (Å²) < 4.78 is 7.61. The lowest BCUT2D eigenvalue weighted by Crippen LogP contribution is -2.30. The molecule has 4 heterocycles. The molecule has 1 atom stereocenters. The largest absolute Gasteiger partial charge is 0.493 e. The van der Waals surface area contributed by atoms with E-state index in [4.69, 9.17) is 14.7 Å². The first kappa shape index (κ1) is 21.5. The fraction of sp³-hybridized carbons (Fsp3) is 0.400. The van der Waals surface area contributed by atoms with Crippen molar-refractivity contribution >= 4 is 33.6 Å². The Bertz CT molecular complexity index is 1280. The van der Waals surface area contributed by atoms with Gasteiger partial charge in [0.05, 0.1) is 17.0 Å². The fourth-order valence-corrected chi connectivity index (χ4v) is 4.35. The number of aromatic nitrogens is 4. The second-order valence-electron chi connectivity index (χ2n) is 8.99. The monoisotopic (exact) mass is 446 g/mol. The van der Waals surface area contributed by atoms with E-state index in [2.05, 4.69) is 22.4 Å². The summed E-state index contributed by atoms with van der Waals surface area (Å²) in [7, 11) is 1.97. The minimum absolute atomic E-state index is 0.102. The fourth-order valence-electron chi connectivity index (χ4n) is 4.35. The van der Waals surface area contributed by atoms with Crippen LogP contribution in [0, 0.1) is 0 Å². The molecule has 0 amide bonds. The number of fused-ring (bicyclic) bond motifs is 2. The smallest absolute Gasteiger partial charge is 0.227 e. The van der Waals surface area contributed by atoms with Crippen molar-refractivity contribution in [2.75, 3.05) is 30.4 Å². The van der Waals surface area contributed by atoms with Crippen LogP contribution in [-0.2, 0) is 11.3 Å². The number of hydrogen-bond acceptors (Lipinski definition) is 7. The number of nitrogens with one attached hydrogen (secondary N) is 1. The van der Waals surface area contributed by atoms with Crippen molar-refractivity contribution in [3.05, 3.63) is 48.3 Å². The molecule has 1 aliphatic heterocycles. The van der Waals surface area contributed by atoms with Crippen molar-refractivity contribution in [3.8, 4) is 5.88 Å². The summed E-state index contributed by atoms with van der Waals surface area (Å²) >= 11 is 0. The Kier molecular flexibility index (Phi) is 5.76. The molecule has 3 aromatic heterocycles. The Hall–Kier alpha value is -3.39. The van der Waals surface area contributed by atoms with Crippen molar-refractivity contribution in [2.24, 2.45) is 0 Å². The van der Waals surface area contributed by atoms with Gasteiger partial charge in [0, 0.05) is 50.6 Å². The molecule has 0 saturated carbocycles. The number of rotatable bonds is 7. The van der Waals surface area contributed by atoms with Gasteiger partial charge >= 0.3 is 0 Å². The molecule has 1 unspecified atom stereocenters. The number of ether oxygens (including phenoxy) is 1. The average Bonchev–Trinajstić information content (AvgIpc) is 3.45. The molecular weight excluding hydrogens is 416 g/mol. The van der Waals surface area contributed by atoms with E-state index in [9.17, 15) is 5.11 Å². The second kappa shape index (κ2) is 8.86. The highest BCUT2D eigenvalue weighted by molar-refractivity contribution is 5.94. The molecule has 0 aliphatic carbocycles. The molecule has 172 valence electrons. The summed E-state index contributed by atoms with van der Waals surface area (Å²) in [6, 6.07) is 10.3.